The fraction of sp³-hybridized carbons (Fsp3) is 0.500. The van der Waals surface area contributed by atoms with Crippen molar-refractivity contribution in [2.75, 3.05) is 6.26 Å². The van der Waals surface area contributed by atoms with Crippen LogP contribution in [0.25, 0.3) is 0 Å². The molecule has 3 nitrogen and oxygen atoms in total. The lowest BCUT2D eigenvalue weighted by Crippen LogP contribution is -2.22. The molecule has 0 aliphatic heterocycles. The summed E-state index contributed by atoms with van der Waals surface area (Å²) in [7, 11) is 0. The maximum atomic E-state index is 12.8. The molecule has 1 aliphatic rings. The van der Waals surface area contributed by atoms with Gasteiger partial charge in [0.25, 0.3) is 0 Å². The lowest BCUT2D eigenvalue weighted by molar-refractivity contribution is -0.142. The number of alkyl halides is 3. The molecule has 0 N–H and O–H groups in total. The van der Waals surface area contributed by atoms with E-state index in [-0.39, 0.29) is 22.8 Å². The van der Waals surface area contributed by atoms with Gasteiger partial charge in [-0.2, -0.15) is 13.2 Å². The van der Waals surface area contributed by atoms with E-state index in [1.807, 2.05) is 0 Å². The quantitative estimate of drug-likeness (QED) is 0.576. The normalized spacial score (nSPS) is 15.9. The van der Waals surface area contributed by atoms with Gasteiger partial charge >= 0.3 is 6.18 Å². The number of carbonyl (C=O) groups is 1. The highest BCUT2D eigenvalue weighted by Gasteiger charge is 2.40. The van der Waals surface area contributed by atoms with Crippen molar-refractivity contribution < 1.29 is 18.0 Å². The Morgan fingerprint density at radius 2 is 1.94 bits per heavy atom. The Kier molecular flexibility index (Phi) is 3.11. The fourth-order valence-electron chi connectivity index (χ4n) is 1.80. The minimum absolute atomic E-state index is 0.0609. The number of hydrogen-bond donors (Lipinski definition) is 0. The van der Waals surface area contributed by atoms with Gasteiger partial charge in [-0.15, -0.1) is 0 Å². The number of aryl methyl sites for hydroxylation is 1. The third-order valence-corrected chi connectivity index (χ3v) is 3.06. The van der Waals surface area contributed by atoms with E-state index >= 15 is 0 Å². The van der Waals surface area contributed by atoms with E-state index in [1.165, 1.54) is 0 Å². The maximum Gasteiger partial charge on any atom is 0.434 e. The van der Waals surface area contributed by atoms with E-state index in [4.69, 9.17) is 0 Å². The van der Waals surface area contributed by atoms with E-state index in [2.05, 4.69) is 9.97 Å². The van der Waals surface area contributed by atoms with Crippen molar-refractivity contribution in [3.8, 4) is 0 Å². The minimum Gasteiger partial charge on any atom is -0.294 e. The van der Waals surface area contributed by atoms with Crippen LogP contribution in [0.15, 0.2) is 5.16 Å². The molecule has 0 saturated carbocycles. The minimum atomic E-state index is -4.61. The number of carbonyl (C=O) groups excluding carboxylic acids is 1. The Hall–Kier alpha value is -1.11. The summed E-state index contributed by atoms with van der Waals surface area (Å²) >= 11 is 1.04. The zero-order valence-electron chi connectivity index (χ0n) is 8.97. The first kappa shape index (κ1) is 12.3. The van der Waals surface area contributed by atoms with Gasteiger partial charge in [0.05, 0.1) is 11.3 Å². The van der Waals surface area contributed by atoms with Crippen LogP contribution in [0.1, 0.15) is 34.6 Å². The summed E-state index contributed by atoms with van der Waals surface area (Å²) in [6, 6.07) is 0. The second-order valence-electron chi connectivity index (χ2n) is 3.66. The summed E-state index contributed by atoms with van der Waals surface area (Å²) < 4.78 is 38.4. The lowest BCUT2D eigenvalue weighted by atomic mass is 9.93. The molecule has 17 heavy (non-hydrogen) atoms. The van der Waals surface area contributed by atoms with Gasteiger partial charge in [0.1, 0.15) is 0 Å². The Morgan fingerprint density at radius 3 is 2.53 bits per heavy atom. The molecular formula is C10H9F3N2OS. The number of rotatable bonds is 1. The Balaban J connectivity index is 2.67. The van der Waals surface area contributed by atoms with Crippen molar-refractivity contribution in [1.82, 2.24) is 9.97 Å². The second kappa shape index (κ2) is 4.29. The van der Waals surface area contributed by atoms with Gasteiger partial charge in [-0.25, -0.2) is 9.97 Å². The van der Waals surface area contributed by atoms with Crippen LogP contribution in [0.3, 0.4) is 0 Å². The van der Waals surface area contributed by atoms with Crippen LogP contribution in [0, 0.1) is 0 Å². The number of fused-ring (bicyclic) bond motifs is 1. The van der Waals surface area contributed by atoms with Gasteiger partial charge in [-0.1, -0.05) is 11.8 Å². The highest BCUT2D eigenvalue weighted by atomic mass is 32.2. The molecular weight excluding hydrogens is 253 g/mol. The van der Waals surface area contributed by atoms with Crippen molar-refractivity contribution in [3.05, 3.63) is 17.0 Å². The van der Waals surface area contributed by atoms with Gasteiger partial charge in [-0.05, 0) is 19.1 Å². The monoisotopic (exact) mass is 262 g/mol. The molecule has 0 radical (unpaired) electrons. The first-order chi connectivity index (χ1) is 7.93. The Bertz CT molecular complexity index is 473. The van der Waals surface area contributed by atoms with Crippen LogP contribution in [0.5, 0.6) is 0 Å². The number of aromatic nitrogens is 2. The van der Waals surface area contributed by atoms with Crippen molar-refractivity contribution in [1.29, 1.82) is 0 Å². The number of Topliss-reactive ketones (excluding diaryl/α,β-unsaturated/α-hetero) is 1. The molecule has 0 unspecified atom stereocenters. The summed E-state index contributed by atoms with van der Waals surface area (Å²) in [4.78, 5) is 19.0. The van der Waals surface area contributed by atoms with Crippen LogP contribution in [0.4, 0.5) is 13.2 Å². The van der Waals surface area contributed by atoms with Gasteiger partial charge in [-0.3, -0.25) is 4.79 Å². The highest BCUT2D eigenvalue weighted by molar-refractivity contribution is 7.98. The first-order valence-electron chi connectivity index (χ1n) is 4.98. The van der Waals surface area contributed by atoms with Crippen molar-refractivity contribution in [2.45, 2.75) is 30.6 Å². The number of hydrogen-bond acceptors (Lipinski definition) is 4. The molecule has 1 heterocycles. The predicted molar refractivity (Wildman–Crippen MR) is 56.1 cm³/mol. The van der Waals surface area contributed by atoms with Crippen LogP contribution >= 0.6 is 11.8 Å². The van der Waals surface area contributed by atoms with Crippen molar-refractivity contribution in [3.63, 3.8) is 0 Å². The van der Waals surface area contributed by atoms with E-state index < -0.39 is 17.7 Å². The molecule has 1 aliphatic carbocycles. The Morgan fingerprint density at radius 1 is 1.24 bits per heavy atom. The van der Waals surface area contributed by atoms with Gasteiger partial charge < -0.3 is 0 Å². The largest absolute Gasteiger partial charge is 0.434 e. The average Bonchev–Trinajstić information content (AvgIpc) is 2.26. The molecule has 1 aromatic rings. The third-order valence-electron chi connectivity index (χ3n) is 2.51. The molecule has 0 spiro atoms. The highest BCUT2D eigenvalue weighted by Crippen LogP contribution is 2.35. The number of thioether (sulfide) groups is 1. The topological polar surface area (TPSA) is 42.9 Å². The van der Waals surface area contributed by atoms with Gasteiger partial charge in [0.2, 0.25) is 0 Å². The van der Waals surface area contributed by atoms with Gasteiger partial charge in [0, 0.05) is 6.42 Å². The molecule has 1 aromatic heterocycles. The lowest BCUT2D eigenvalue weighted by Gasteiger charge is -2.18. The van der Waals surface area contributed by atoms with E-state index in [0.717, 1.165) is 11.8 Å². The zero-order valence-corrected chi connectivity index (χ0v) is 9.78. The molecule has 0 aromatic carbocycles. The SMILES string of the molecule is CSc1nc2c(c(C(F)(F)F)n1)C(=O)CCC2. The second-order valence-corrected chi connectivity index (χ2v) is 4.43. The van der Waals surface area contributed by atoms with Gasteiger partial charge in [0.15, 0.2) is 16.6 Å². The molecule has 92 valence electrons. The van der Waals surface area contributed by atoms with Crippen molar-refractivity contribution in [2.24, 2.45) is 0 Å². The maximum absolute atomic E-state index is 12.8. The number of nitrogens with zero attached hydrogens (tertiary/aromatic N) is 2. The molecule has 7 heteroatoms. The molecule has 2 rings (SSSR count). The van der Waals surface area contributed by atoms with E-state index in [0.29, 0.717) is 12.8 Å². The predicted octanol–water partition coefficient (Wildman–Crippen LogP) is 2.74. The summed E-state index contributed by atoms with van der Waals surface area (Å²) in [5.74, 6) is -0.508. The summed E-state index contributed by atoms with van der Waals surface area (Å²) in [6.07, 6.45) is -1.91. The number of ketones is 1. The number of halogens is 3. The summed E-state index contributed by atoms with van der Waals surface area (Å²) in [5, 5.41) is 0.0609. The zero-order chi connectivity index (χ0) is 12.6. The van der Waals surface area contributed by atoms with E-state index in [1.54, 1.807) is 6.26 Å². The third kappa shape index (κ3) is 2.29. The molecule has 0 atom stereocenters. The smallest absolute Gasteiger partial charge is 0.294 e. The summed E-state index contributed by atoms with van der Waals surface area (Å²) in [5.41, 5.74) is -1.19. The standard InChI is InChI=1S/C10H9F3N2OS/c1-17-9-14-5-3-2-4-6(16)7(5)8(15-9)10(11,12)13/h2-4H2,1H3. The first-order valence-corrected chi connectivity index (χ1v) is 6.21. The van der Waals surface area contributed by atoms with Crippen LogP contribution in [-0.2, 0) is 12.6 Å². The molecule has 0 bridgehead atoms. The molecule has 0 fully saturated rings. The molecule has 0 amide bonds. The Labute approximate surface area is 99.8 Å². The fourth-order valence-corrected chi connectivity index (χ4v) is 2.18. The van der Waals surface area contributed by atoms with E-state index in [9.17, 15) is 18.0 Å². The average molecular weight is 262 g/mol. The van der Waals surface area contributed by atoms with Crippen LogP contribution in [0.2, 0.25) is 0 Å². The van der Waals surface area contributed by atoms with Crippen LogP contribution < -0.4 is 0 Å². The van der Waals surface area contributed by atoms with Crippen molar-refractivity contribution >= 4 is 17.5 Å². The summed E-state index contributed by atoms with van der Waals surface area (Å²) in [6.45, 7) is 0. The van der Waals surface area contributed by atoms with Crippen LogP contribution in [-0.4, -0.2) is 22.0 Å². The molecule has 0 saturated heterocycles.